The van der Waals surface area contributed by atoms with Gasteiger partial charge in [-0.2, -0.15) is 0 Å². The minimum absolute atomic E-state index is 0.504. The molecule has 0 bridgehead atoms. The van der Waals surface area contributed by atoms with Crippen LogP contribution in [0.25, 0.3) is 94.3 Å². The lowest BCUT2D eigenvalue weighted by molar-refractivity contribution is 0.793. The number of para-hydroxylation sites is 3. The highest BCUT2D eigenvalue weighted by Crippen LogP contribution is 2.63. The SMILES string of the molecule is c1ccc(-c2ccccc2-c2c(-c3ccccc3)cccc2N(c2ccc(-c3ccccc3-n3c4ccccc4c4ccccc43)cc2)c2ccc3c(c2)C2(c4ccccc4-c4ccccc42)c2ccccc2-3)cc1. The van der Waals surface area contributed by atoms with Crippen LogP contribution in [-0.4, -0.2) is 4.57 Å². The molecule has 1 spiro atoms. The van der Waals surface area contributed by atoms with Crippen molar-refractivity contribution in [3.63, 3.8) is 0 Å². The summed E-state index contributed by atoms with van der Waals surface area (Å²) in [6.07, 6.45) is 0. The topological polar surface area (TPSA) is 8.17 Å². The molecule has 0 fully saturated rings. The molecule has 0 radical (unpaired) electrons. The van der Waals surface area contributed by atoms with E-state index in [0.717, 1.165) is 33.9 Å². The summed E-state index contributed by atoms with van der Waals surface area (Å²) in [5, 5.41) is 2.50. The molecule has 12 aromatic carbocycles. The van der Waals surface area contributed by atoms with Crippen molar-refractivity contribution in [2.24, 2.45) is 0 Å². The molecular formula is C73H48N2. The maximum atomic E-state index is 2.52. The van der Waals surface area contributed by atoms with Crippen LogP contribution in [0.2, 0.25) is 0 Å². The number of anilines is 3. The molecule has 1 aromatic heterocycles. The summed E-state index contributed by atoms with van der Waals surface area (Å²) in [5.74, 6) is 0. The molecule has 2 aliphatic rings. The smallest absolute Gasteiger partial charge is 0.0726 e. The molecule has 0 aliphatic heterocycles. The fourth-order valence-corrected chi connectivity index (χ4v) is 13.0. The van der Waals surface area contributed by atoms with Crippen molar-refractivity contribution in [1.29, 1.82) is 0 Å². The first-order chi connectivity index (χ1) is 37.3. The third kappa shape index (κ3) is 6.46. The van der Waals surface area contributed by atoms with E-state index in [1.54, 1.807) is 0 Å². The highest BCUT2D eigenvalue weighted by Gasteiger charge is 2.51. The van der Waals surface area contributed by atoms with E-state index in [2.05, 4.69) is 301 Å². The Kier molecular flexibility index (Phi) is 9.83. The molecule has 75 heavy (non-hydrogen) atoms. The van der Waals surface area contributed by atoms with Gasteiger partial charge in [-0.25, -0.2) is 0 Å². The predicted octanol–water partition coefficient (Wildman–Crippen LogP) is 19.3. The Bertz CT molecular complexity index is 4240. The lowest BCUT2D eigenvalue weighted by Crippen LogP contribution is -2.26. The van der Waals surface area contributed by atoms with Crippen LogP contribution in [0.4, 0.5) is 17.1 Å². The standard InChI is InChI=1S/C73H48N2/c1-3-22-49(23-4-1)54-26-7-8-33-63(54)72-56(50-24-5-2-6-25-50)34-21-41-71(72)74(52-44-42-51(43-45-52)55-27-12-18-38-68(55)75-69-39-19-13-31-61(69)62-32-14-20-40-70(62)75)53-46-47-60-59-30-11-17-37-66(59)73(67(60)48-53)64-35-15-9-28-57(64)58-29-10-16-36-65(58)73/h1-48H. The minimum Gasteiger partial charge on any atom is -0.310 e. The van der Waals surface area contributed by atoms with Gasteiger partial charge in [-0.05, 0) is 126 Å². The van der Waals surface area contributed by atoms with Crippen LogP contribution < -0.4 is 4.90 Å². The van der Waals surface area contributed by atoms with Crippen molar-refractivity contribution in [2.75, 3.05) is 4.90 Å². The summed E-state index contributed by atoms with van der Waals surface area (Å²) >= 11 is 0. The predicted molar refractivity (Wildman–Crippen MR) is 314 cm³/mol. The summed E-state index contributed by atoms with van der Waals surface area (Å²) in [5.41, 5.74) is 26.0. The fraction of sp³-hybridized carbons (Fsp3) is 0.0137. The van der Waals surface area contributed by atoms with Gasteiger partial charge >= 0.3 is 0 Å². The monoisotopic (exact) mass is 952 g/mol. The van der Waals surface area contributed by atoms with Crippen LogP contribution in [0.1, 0.15) is 22.3 Å². The van der Waals surface area contributed by atoms with Crippen LogP contribution in [0.5, 0.6) is 0 Å². The molecule has 0 N–H and O–H groups in total. The zero-order valence-corrected chi connectivity index (χ0v) is 41.1. The van der Waals surface area contributed by atoms with E-state index in [1.807, 2.05) is 0 Å². The molecule has 350 valence electrons. The molecular weight excluding hydrogens is 905 g/mol. The lowest BCUT2D eigenvalue weighted by atomic mass is 9.70. The minimum atomic E-state index is -0.504. The van der Waals surface area contributed by atoms with Gasteiger partial charge in [0.05, 0.1) is 27.8 Å². The number of nitrogens with zero attached hydrogens (tertiary/aromatic N) is 2. The second-order valence-corrected chi connectivity index (χ2v) is 19.9. The van der Waals surface area contributed by atoms with Gasteiger partial charge in [0.25, 0.3) is 0 Å². The van der Waals surface area contributed by atoms with E-state index >= 15 is 0 Å². The molecule has 0 amide bonds. The van der Waals surface area contributed by atoms with Crippen molar-refractivity contribution in [1.82, 2.24) is 4.57 Å². The fourth-order valence-electron chi connectivity index (χ4n) is 13.0. The van der Waals surface area contributed by atoms with E-state index in [1.165, 1.54) is 99.7 Å². The highest BCUT2D eigenvalue weighted by atomic mass is 15.1. The Labute approximate surface area is 437 Å². The third-order valence-corrected chi connectivity index (χ3v) is 16.0. The lowest BCUT2D eigenvalue weighted by Gasteiger charge is -2.33. The number of aromatic nitrogens is 1. The summed E-state index contributed by atoms with van der Waals surface area (Å²) < 4.78 is 2.43. The largest absolute Gasteiger partial charge is 0.310 e. The van der Waals surface area contributed by atoms with Crippen molar-refractivity contribution in [3.05, 3.63) is 313 Å². The van der Waals surface area contributed by atoms with Gasteiger partial charge in [0.1, 0.15) is 0 Å². The number of hydrogen-bond acceptors (Lipinski definition) is 1. The van der Waals surface area contributed by atoms with Gasteiger partial charge < -0.3 is 9.47 Å². The molecule has 0 unspecified atom stereocenters. The van der Waals surface area contributed by atoms with Crippen LogP contribution in [0, 0.1) is 0 Å². The van der Waals surface area contributed by atoms with Gasteiger partial charge in [-0.15, -0.1) is 0 Å². The zero-order valence-electron chi connectivity index (χ0n) is 41.1. The third-order valence-electron chi connectivity index (χ3n) is 16.0. The molecule has 1 heterocycles. The maximum absolute atomic E-state index is 2.52. The van der Waals surface area contributed by atoms with Crippen LogP contribution in [0.3, 0.4) is 0 Å². The summed E-state index contributed by atoms with van der Waals surface area (Å²) in [7, 11) is 0. The molecule has 15 rings (SSSR count). The normalized spacial score (nSPS) is 12.6. The molecule has 0 saturated carbocycles. The van der Waals surface area contributed by atoms with Gasteiger partial charge in [-0.1, -0.05) is 243 Å². The van der Waals surface area contributed by atoms with Crippen LogP contribution >= 0.6 is 0 Å². The summed E-state index contributed by atoms with van der Waals surface area (Å²) in [6.45, 7) is 0. The first-order valence-electron chi connectivity index (χ1n) is 26.0. The Morgan fingerprint density at radius 2 is 0.693 bits per heavy atom. The highest BCUT2D eigenvalue weighted by molar-refractivity contribution is 6.10. The quantitative estimate of drug-likeness (QED) is 0.147. The van der Waals surface area contributed by atoms with Crippen molar-refractivity contribution in [2.45, 2.75) is 5.41 Å². The average molecular weight is 953 g/mol. The number of hydrogen-bond donors (Lipinski definition) is 0. The molecule has 13 aromatic rings. The van der Waals surface area contributed by atoms with Crippen LogP contribution in [0.15, 0.2) is 291 Å². The van der Waals surface area contributed by atoms with Gasteiger partial charge in [-0.3, -0.25) is 0 Å². The number of rotatable bonds is 8. The van der Waals surface area contributed by atoms with E-state index < -0.39 is 5.41 Å². The number of benzene rings is 12. The van der Waals surface area contributed by atoms with E-state index in [4.69, 9.17) is 0 Å². The Balaban J connectivity index is 0.989. The second-order valence-electron chi connectivity index (χ2n) is 19.9. The first-order valence-corrected chi connectivity index (χ1v) is 26.0. The van der Waals surface area contributed by atoms with Crippen LogP contribution in [-0.2, 0) is 5.41 Å². The maximum Gasteiger partial charge on any atom is 0.0726 e. The van der Waals surface area contributed by atoms with E-state index in [9.17, 15) is 0 Å². The van der Waals surface area contributed by atoms with Crippen molar-refractivity contribution in [3.8, 4) is 72.4 Å². The van der Waals surface area contributed by atoms with Crippen molar-refractivity contribution < 1.29 is 0 Å². The summed E-state index contributed by atoms with van der Waals surface area (Å²) in [6, 6.07) is 108. The Hall–Kier alpha value is -9.76. The van der Waals surface area contributed by atoms with Gasteiger partial charge in [0.15, 0.2) is 0 Å². The summed E-state index contributed by atoms with van der Waals surface area (Å²) in [4.78, 5) is 2.52. The van der Waals surface area contributed by atoms with Gasteiger partial charge in [0, 0.05) is 33.3 Å². The Morgan fingerprint density at radius 1 is 0.267 bits per heavy atom. The zero-order chi connectivity index (χ0) is 49.5. The van der Waals surface area contributed by atoms with Crippen molar-refractivity contribution >= 4 is 38.9 Å². The molecule has 2 nitrogen and oxygen atoms in total. The molecule has 0 saturated heterocycles. The number of fused-ring (bicyclic) bond motifs is 13. The average Bonchev–Trinajstić information content (AvgIpc) is 4.14. The Morgan fingerprint density at radius 3 is 1.29 bits per heavy atom. The van der Waals surface area contributed by atoms with E-state index in [0.29, 0.717) is 0 Å². The van der Waals surface area contributed by atoms with Gasteiger partial charge in [0.2, 0.25) is 0 Å². The molecule has 2 aliphatic carbocycles. The van der Waals surface area contributed by atoms with E-state index in [-0.39, 0.29) is 0 Å². The first kappa shape index (κ1) is 42.9. The second kappa shape index (κ2) is 17.2. The molecule has 0 atom stereocenters. The molecule has 2 heteroatoms.